The fourth-order valence-electron chi connectivity index (χ4n) is 3.80. The third kappa shape index (κ3) is 2.31. The molecule has 0 aromatic heterocycles. The first-order valence-corrected chi connectivity index (χ1v) is 8.62. The maximum absolute atomic E-state index is 6.07. The lowest BCUT2D eigenvalue weighted by Gasteiger charge is -2.30. The van der Waals surface area contributed by atoms with Gasteiger partial charge in [-0.2, -0.15) is 5.10 Å². The summed E-state index contributed by atoms with van der Waals surface area (Å²) in [6.07, 6.45) is 0. The van der Waals surface area contributed by atoms with Gasteiger partial charge in [0.1, 0.15) is 5.75 Å². The molecule has 2 heterocycles. The third-order valence-electron chi connectivity index (χ3n) is 4.95. The SMILES string of the molecule is c1ccc([C@@H]2[C@@H]3COc4ccccc4C3=NN2c2ccccc2)cc1. The lowest BCUT2D eigenvalue weighted by Crippen LogP contribution is -2.32. The second-order valence-corrected chi connectivity index (χ2v) is 6.43. The molecular weight excluding hydrogens is 308 g/mol. The quantitative estimate of drug-likeness (QED) is 0.684. The Hall–Kier alpha value is -3.07. The summed E-state index contributed by atoms with van der Waals surface area (Å²) in [6.45, 7) is 0.652. The van der Waals surface area contributed by atoms with Crippen LogP contribution in [0.25, 0.3) is 0 Å². The molecule has 3 aromatic rings. The summed E-state index contributed by atoms with van der Waals surface area (Å²) in [7, 11) is 0. The van der Waals surface area contributed by atoms with Gasteiger partial charge in [-0.1, -0.05) is 60.7 Å². The van der Waals surface area contributed by atoms with Crippen LogP contribution >= 0.6 is 0 Å². The Balaban J connectivity index is 1.66. The van der Waals surface area contributed by atoms with E-state index in [2.05, 4.69) is 71.7 Å². The van der Waals surface area contributed by atoms with Crippen LogP contribution in [0.1, 0.15) is 17.2 Å². The average Bonchev–Trinajstić information content (AvgIpc) is 3.09. The fraction of sp³-hybridized carbons (Fsp3) is 0.136. The predicted molar refractivity (Wildman–Crippen MR) is 100 cm³/mol. The summed E-state index contributed by atoms with van der Waals surface area (Å²) in [5, 5.41) is 7.20. The molecule has 2 atom stereocenters. The van der Waals surface area contributed by atoms with E-state index >= 15 is 0 Å². The zero-order chi connectivity index (χ0) is 16.6. The van der Waals surface area contributed by atoms with Gasteiger partial charge in [-0.3, -0.25) is 5.01 Å². The normalized spacial score (nSPS) is 21.1. The van der Waals surface area contributed by atoms with E-state index in [-0.39, 0.29) is 12.0 Å². The van der Waals surface area contributed by atoms with Crippen molar-refractivity contribution in [3.05, 3.63) is 96.1 Å². The Morgan fingerprint density at radius 2 is 1.48 bits per heavy atom. The molecule has 0 N–H and O–H groups in total. The van der Waals surface area contributed by atoms with Crippen LogP contribution in [0, 0.1) is 5.92 Å². The predicted octanol–water partition coefficient (Wildman–Crippen LogP) is 4.66. The van der Waals surface area contributed by atoms with E-state index in [1.54, 1.807) is 0 Å². The molecule has 0 aliphatic carbocycles. The van der Waals surface area contributed by atoms with Gasteiger partial charge in [0.25, 0.3) is 0 Å². The van der Waals surface area contributed by atoms with Crippen LogP contribution in [0.4, 0.5) is 5.69 Å². The van der Waals surface area contributed by atoms with Crippen molar-refractivity contribution in [3.63, 3.8) is 0 Å². The van der Waals surface area contributed by atoms with Crippen molar-refractivity contribution >= 4 is 11.4 Å². The Morgan fingerprint density at radius 3 is 2.28 bits per heavy atom. The van der Waals surface area contributed by atoms with Gasteiger partial charge < -0.3 is 4.74 Å². The standard InChI is InChI=1S/C22H18N2O/c1-3-9-16(10-4-1)22-19-15-25-20-14-8-7-13-18(20)21(19)23-24(22)17-11-5-2-6-12-17/h1-14,19,22H,15H2/t19-,22-/m1/s1. The van der Waals surface area contributed by atoms with Gasteiger partial charge >= 0.3 is 0 Å². The molecule has 0 unspecified atom stereocenters. The lowest BCUT2D eigenvalue weighted by atomic mass is 9.86. The summed E-state index contributed by atoms with van der Waals surface area (Å²) < 4.78 is 6.07. The zero-order valence-corrected chi connectivity index (χ0v) is 13.7. The Morgan fingerprint density at radius 1 is 0.800 bits per heavy atom. The molecule has 3 heteroatoms. The minimum Gasteiger partial charge on any atom is -0.492 e. The largest absolute Gasteiger partial charge is 0.492 e. The van der Waals surface area contributed by atoms with E-state index in [0.29, 0.717) is 6.61 Å². The number of fused-ring (bicyclic) bond motifs is 3. The number of ether oxygens (including phenoxy) is 1. The molecule has 0 bridgehead atoms. The van der Waals surface area contributed by atoms with Crippen molar-refractivity contribution in [2.45, 2.75) is 6.04 Å². The molecule has 0 spiro atoms. The van der Waals surface area contributed by atoms with Gasteiger partial charge in [0.05, 0.1) is 30.0 Å². The Bertz CT molecular complexity index is 921. The molecule has 0 saturated carbocycles. The second-order valence-electron chi connectivity index (χ2n) is 6.43. The van der Waals surface area contributed by atoms with Crippen LogP contribution in [0.2, 0.25) is 0 Å². The molecular formula is C22H18N2O. The van der Waals surface area contributed by atoms with Gasteiger partial charge in [0, 0.05) is 5.56 Å². The van der Waals surface area contributed by atoms with E-state index in [9.17, 15) is 0 Å². The van der Waals surface area contributed by atoms with E-state index in [0.717, 1.165) is 22.7 Å². The van der Waals surface area contributed by atoms with Gasteiger partial charge in [0.15, 0.2) is 0 Å². The number of benzene rings is 3. The Kier molecular flexibility index (Phi) is 3.30. The van der Waals surface area contributed by atoms with Crippen LogP contribution in [0.5, 0.6) is 5.75 Å². The van der Waals surface area contributed by atoms with E-state index < -0.39 is 0 Å². The molecule has 0 radical (unpaired) electrons. The highest BCUT2D eigenvalue weighted by atomic mass is 16.5. The van der Waals surface area contributed by atoms with Crippen LogP contribution in [0.15, 0.2) is 90.0 Å². The summed E-state index contributed by atoms with van der Waals surface area (Å²) in [5.41, 5.74) is 4.60. The number of nitrogens with zero attached hydrogens (tertiary/aromatic N) is 2. The highest BCUT2D eigenvalue weighted by molar-refractivity contribution is 6.07. The fourth-order valence-corrected chi connectivity index (χ4v) is 3.80. The number of para-hydroxylation sites is 2. The first-order chi connectivity index (χ1) is 12.4. The summed E-state index contributed by atoms with van der Waals surface area (Å²) in [4.78, 5) is 0. The molecule has 3 aromatic carbocycles. The van der Waals surface area contributed by atoms with Gasteiger partial charge in [0.2, 0.25) is 0 Å². The van der Waals surface area contributed by atoms with Crippen molar-refractivity contribution in [2.75, 3.05) is 11.6 Å². The molecule has 25 heavy (non-hydrogen) atoms. The van der Waals surface area contributed by atoms with Gasteiger partial charge in [-0.25, -0.2) is 0 Å². The van der Waals surface area contributed by atoms with Crippen LogP contribution in [-0.4, -0.2) is 12.3 Å². The van der Waals surface area contributed by atoms with Crippen LogP contribution < -0.4 is 9.75 Å². The second kappa shape index (κ2) is 5.78. The summed E-state index contributed by atoms with van der Waals surface area (Å²) in [5.74, 6) is 1.15. The lowest BCUT2D eigenvalue weighted by molar-refractivity contribution is 0.260. The van der Waals surface area contributed by atoms with Crippen molar-refractivity contribution < 1.29 is 4.74 Å². The smallest absolute Gasteiger partial charge is 0.128 e. The van der Waals surface area contributed by atoms with Crippen molar-refractivity contribution in [1.82, 2.24) is 0 Å². The molecule has 122 valence electrons. The third-order valence-corrected chi connectivity index (χ3v) is 4.95. The topological polar surface area (TPSA) is 24.8 Å². The zero-order valence-electron chi connectivity index (χ0n) is 13.7. The van der Waals surface area contributed by atoms with Crippen molar-refractivity contribution in [3.8, 4) is 5.75 Å². The molecule has 0 amide bonds. The highest BCUT2D eigenvalue weighted by Gasteiger charge is 2.43. The molecule has 2 aliphatic heterocycles. The van der Waals surface area contributed by atoms with E-state index in [4.69, 9.17) is 9.84 Å². The van der Waals surface area contributed by atoms with E-state index in [1.165, 1.54) is 5.56 Å². The molecule has 5 rings (SSSR count). The monoisotopic (exact) mass is 326 g/mol. The average molecular weight is 326 g/mol. The van der Waals surface area contributed by atoms with Crippen molar-refractivity contribution in [1.29, 1.82) is 0 Å². The first kappa shape index (κ1) is 14.3. The molecule has 0 saturated heterocycles. The molecule has 0 fully saturated rings. The number of rotatable bonds is 2. The minimum atomic E-state index is 0.145. The maximum Gasteiger partial charge on any atom is 0.128 e. The van der Waals surface area contributed by atoms with Gasteiger partial charge in [-0.15, -0.1) is 0 Å². The number of hydrogen-bond donors (Lipinski definition) is 0. The highest BCUT2D eigenvalue weighted by Crippen LogP contribution is 2.44. The van der Waals surface area contributed by atoms with Gasteiger partial charge in [-0.05, 0) is 29.8 Å². The molecule has 2 aliphatic rings. The minimum absolute atomic E-state index is 0.145. The van der Waals surface area contributed by atoms with E-state index in [1.807, 2.05) is 18.2 Å². The number of hydrogen-bond acceptors (Lipinski definition) is 3. The summed E-state index contributed by atoms with van der Waals surface area (Å²) in [6, 6.07) is 29.3. The van der Waals surface area contributed by atoms with Crippen molar-refractivity contribution in [2.24, 2.45) is 11.0 Å². The van der Waals surface area contributed by atoms with Crippen LogP contribution in [0.3, 0.4) is 0 Å². The Labute approximate surface area is 147 Å². The summed E-state index contributed by atoms with van der Waals surface area (Å²) >= 11 is 0. The number of anilines is 1. The first-order valence-electron chi connectivity index (χ1n) is 8.62. The molecule has 3 nitrogen and oxygen atoms in total. The maximum atomic E-state index is 6.07. The number of hydrazone groups is 1. The van der Waals surface area contributed by atoms with Crippen LogP contribution in [-0.2, 0) is 0 Å².